The summed E-state index contributed by atoms with van der Waals surface area (Å²) in [4.78, 5) is 30.9. The van der Waals surface area contributed by atoms with Gasteiger partial charge in [0.25, 0.3) is 0 Å². The third-order valence-electron chi connectivity index (χ3n) is 2.91. The first kappa shape index (κ1) is 15.6. The number of amides is 1. The maximum atomic E-state index is 11.7. The van der Waals surface area contributed by atoms with Gasteiger partial charge in [0, 0.05) is 19.0 Å². The Hall–Kier alpha value is -2.77. The minimum absolute atomic E-state index is 0.0561. The molecule has 8 nitrogen and oxygen atoms in total. The molecule has 22 heavy (non-hydrogen) atoms. The summed E-state index contributed by atoms with van der Waals surface area (Å²) in [7, 11) is 0. The van der Waals surface area contributed by atoms with E-state index in [0.717, 1.165) is 0 Å². The van der Waals surface area contributed by atoms with Crippen LogP contribution in [0.5, 0.6) is 0 Å². The quantitative estimate of drug-likeness (QED) is 0.818. The smallest absolute Gasteiger partial charge is 0.328 e. The third kappa shape index (κ3) is 3.87. The van der Waals surface area contributed by atoms with Crippen LogP contribution in [0.25, 0.3) is 11.5 Å². The molecule has 2 aromatic rings. The third-order valence-corrected chi connectivity index (χ3v) is 2.91. The zero-order valence-corrected chi connectivity index (χ0v) is 12.2. The van der Waals surface area contributed by atoms with Crippen LogP contribution < -0.4 is 5.32 Å². The summed E-state index contributed by atoms with van der Waals surface area (Å²) in [6.07, 6.45) is 1.90. The monoisotopic (exact) mass is 304 g/mol. The van der Waals surface area contributed by atoms with Gasteiger partial charge in [0.15, 0.2) is 0 Å². The Morgan fingerprint density at radius 1 is 1.36 bits per heavy atom. The second kappa shape index (κ2) is 6.33. The van der Waals surface area contributed by atoms with Crippen LogP contribution in [0.2, 0.25) is 0 Å². The summed E-state index contributed by atoms with van der Waals surface area (Å²) < 4.78 is 5.05. The second-order valence-electron chi connectivity index (χ2n) is 5.21. The molecule has 0 spiro atoms. The first-order valence-electron chi connectivity index (χ1n) is 6.67. The summed E-state index contributed by atoms with van der Waals surface area (Å²) >= 11 is 0. The van der Waals surface area contributed by atoms with Crippen molar-refractivity contribution in [1.82, 2.24) is 20.4 Å². The van der Waals surface area contributed by atoms with Gasteiger partial charge in [-0.3, -0.25) is 9.78 Å². The number of pyridine rings is 1. The van der Waals surface area contributed by atoms with E-state index in [2.05, 4.69) is 20.4 Å². The van der Waals surface area contributed by atoms with Crippen LogP contribution in [0.3, 0.4) is 0 Å². The molecular formula is C14H16N4O4. The number of hydrogen-bond donors (Lipinski definition) is 2. The van der Waals surface area contributed by atoms with Crippen molar-refractivity contribution in [2.24, 2.45) is 0 Å². The number of nitrogens with zero attached hydrogens (tertiary/aromatic N) is 3. The summed E-state index contributed by atoms with van der Waals surface area (Å²) in [5.74, 6) is -0.855. The molecule has 0 saturated heterocycles. The van der Waals surface area contributed by atoms with Crippen molar-refractivity contribution in [3.8, 4) is 11.5 Å². The molecule has 2 N–H and O–H groups in total. The van der Waals surface area contributed by atoms with Gasteiger partial charge in [-0.2, -0.15) is 4.98 Å². The SMILES string of the molecule is CC(C)(NC(=O)CCc1nc(-c2ccccn2)no1)C(=O)O. The first-order valence-corrected chi connectivity index (χ1v) is 6.67. The van der Waals surface area contributed by atoms with Gasteiger partial charge in [-0.25, -0.2) is 4.79 Å². The van der Waals surface area contributed by atoms with Crippen molar-refractivity contribution in [3.05, 3.63) is 30.3 Å². The fourth-order valence-electron chi connectivity index (χ4n) is 1.64. The van der Waals surface area contributed by atoms with Gasteiger partial charge in [-0.15, -0.1) is 0 Å². The number of carbonyl (C=O) groups is 2. The molecule has 0 aromatic carbocycles. The van der Waals surface area contributed by atoms with Crippen molar-refractivity contribution < 1.29 is 19.2 Å². The molecule has 0 aliphatic heterocycles. The van der Waals surface area contributed by atoms with Crippen molar-refractivity contribution in [2.45, 2.75) is 32.2 Å². The molecule has 2 aromatic heterocycles. The number of aromatic nitrogens is 3. The van der Waals surface area contributed by atoms with E-state index in [4.69, 9.17) is 9.63 Å². The van der Waals surface area contributed by atoms with Crippen molar-refractivity contribution in [3.63, 3.8) is 0 Å². The first-order chi connectivity index (χ1) is 10.4. The molecule has 0 radical (unpaired) electrons. The largest absolute Gasteiger partial charge is 0.480 e. The maximum absolute atomic E-state index is 11.7. The molecule has 8 heteroatoms. The highest BCUT2D eigenvalue weighted by Crippen LogP contribution is 2.13. The van der Waals surface area contributed by atoms with Crippen molar-refractivity contribution in [1.29, 1.82) is 0 Å². The number of carbonyl (C=O) groups excluding carboxylic acids is 1. The number of aryl methyl sites for hydroxylation is 1. The fourth-order valence-corrected chi connectivity index (χ4v) is 1.64. The predicted molar refractivity (Wildman–Crippen MR) is 75.7 cm³/mol. The van der Waals surface area contributed by atoms with Crippen molar-refractivity contribution >= 4 is 11.9 Å². The molecule has 0 aliphatic carbocycles. The zero-order valence-electron chi connectivity index (χ0n) is 12.2. The van der Waals surface area contributed by atoms with Crippen LogP contribution in [-0.2, 0) is 16.0 Å². The van der Waals surface area contributed by atoms with Crippen LogP contribution in [0, 0.1) is 0 Å². The van der Waals surface area contributed by atoms with Gasteiger partial charge in [0.05, 0.1) is 0 Å². The minimum Gasteiger partial charge on any atom is -0.480 e. The lowest BCUT2D eigenvalue weighted by Gasteiger charge is -2.20. The normalized spacial score (nSPS) is 11.2. The molecule has 0 saturated carbocycles. The summed E-state index contributed by atoms with van der Waals surface area (Å²) in [6.45, 7) is 2.83. The van der Waals surface area contributed by atoms with Gasteiger partial charge >= 0.3 is 5.97 Å². The van der Waals surface area contributed by atoms with Gasteiger partial charge < -0.3 is 14.9 Å². The van der Waals surface area contributed by atoms with E-state index >= 15 is 0 Å². The van der Waals surface area contributed by atoms with Gasteiger partial charge in [-0.05, 0) is 26.0 Å². The molecular weight excluding hydrogens is 288 g/mol. The second-order valence-corrected chi connectivity index (χ2v) is 5.21. The Kier molecular flexibility index (Phi) is 4.50. The Balaban J connectivity index is 1.92. The van der Waals surface area contributed by atoms with E-state index in [9.17, 15) is 9.59 Å². The fraction of sp³-hybridized carbons (Fsp3) is 0.357. The summed E-state index contributed by atoms with van der Waals surface area (Å²) in [5.41, 5.74) is -0.737. The van der Waals surface area contributed by atoms with E-state index in [-0.39, 0.29) is 12.8 Å². The Morgan fingerprint density at radius 3 is 2.77 bits per heavy atom. The van der Waals surface area contributed by atoms with E-state index in [1.807, 2.05) is 0 Å². The molecule has 0 fully saturated rings. The van der Waals surface area contributed by atoms with E-state index in [1.54, 1.807) is 24.4 Å². The molecule has 2 rings (SSSR count). The molecule has 0 unspecified atom stereocenters. The Bertz CT molecular complexity index is 666. The number of nitrogens with one attached hydrogen (secondary N) is 1. The molecule has 0 atom stereocenters. The summed E-state index contributed by atoms with van der Waals surface area (Å²) in [6, 6.07) is 5.33. The molecule has 1 amide bonds. The highest BCUT2D eigenvalue weighted by atomic mass is 16.5. The average Bonchev–Trinajstić information content (AvgIpc) is 2.94. The molecule has 0 bridgehead atoms. The van der Waals surface area contributed by atoms with Crippen LogP contribution in [0.15, 0.2) is 28.9 Å². The minimum atomic E-state index is -1.31. The van der Waals surface area contributed by atoms with E-state index in [0.29, 0.717) is 17.4 Å². The topological polar surface area (TPSA) is 118 Å². The van der Waals surface area contributed by atoms with E-state index < -0.39 is 17.4 Å². The predicted octanol–water partition coefficient (Wildman–Crippen LogP) is 1.04. The number of carboxylic acids is 1. The zero-order chi connectivity index (χ0) is 16.2. The number of hydrogen-bond acceptors (Lipinski definition) is 6. The number of aliphatic carboxylic acids is 1. The van der Waals surface area contributed by atoms with Gasteiger partial charge in [-0.1, -0.05) is 11.2 Å². The summed E-state index contributed by atoms with van der Waals surface area (Å²) in [5, 5.41) is 15.2. The molecule has 2 heterocycles. The Morgan fingerprint density at radius 2 is 2.14 bits per heavy atom. The standard InChI is InChI=1S/C14H16N4O4/c1-14(2,13(20)21)17-10(19)6-7-11-16-12(18-22-11)9-5-3-4-8-15-9/h3-5,8H,6-7H2,1-2H3,(H,17,19)(H,20,21). The van der Waals surface area contributed by atoms with E-state index in [1.165, 1.54) is 13.8 Å². The number of rotatable bonds is 6. The van der Waals surface area contributed by atoms with Crippen LogP contribution in [-0.4, -0.2) is 37.6 Å². The molecule has 116 valence electrons. The lowest BCUT2D eigenvalue weighted by atomic mass is 10.1. The highest BCUT2D eigenvalue weighted by Gasteiger charge is 2.28. The van der Waals surface area contributed by atoms with Gasteiger partial charge in [0.2, 0.25) is 17.6 Å². The van der Waals surface area contributed by atoms with Crippen molar-refractivity contribution in [2.75, 3.05) is 0 Å². The average molecular weight is 304 g/mol. The molecule has 0 aliphatic rings. The highest BCUT2D eigenvalue weighted by molar-refractivity contribution is 5.86. The lowest BCUT2D eigenvalue weighted by Crippen LogP contribution is -2.49. The number of carboxylic acid groups (broad SMARTS) is 1. The van der Waals surface area contributed by atoms with Crippen LogP contribution in [0.4, 0.5) is 0 Å². The van der Waals surface area contributed by atoms with Crippen LogP contribution >= 0.6 is 0 Å². The maximum Gasteiger partial charge on any atom is 0.328 e. The van der Waals surface area contributed by atoms with Gasteiger partial charge in [0.1, 0.15) is 11.2 Å². The van der Waals surface area contributed by atoms with Crippen LogP contribution in [0.1, 0.15) is 26.2 Å². The Labute approximate surface area is 126 Å². The lowest BCUT2D eigenvalue weighted by molar-refractivity contribution is -0.146.